The second kappa shape index (κ2) is 6.61. The zero-order valence-electron chi connectivity index (χ0n) is 14.6. The average molecular weight is 419 g/mol. The van der Waals surface area contributed by atoms with Crippen molar-refractivity contribution in [1.82, 2.24) is 10.6 Å². The number of benzene rings is 2. The van der Waals surface area contributed by atoms with Crippen molar-refractivity contribution in [2.24, 2.45) is 5.92 Å². The van der Waals surface area contributed by atoms with Crippen LogP contribution in [0.4, 0.5) is 11.4 Å². The molecule has 3 N–H and O–H groups in total. The molecule has 0 aliphatic carbocycles. The summed E-state index contributed by atoms with van der Waals surface area (Å²) in [6, 6.07) is 10.4. The molecule has 0 unspecified atom stereocenters. The van der Waals surface area contributed by atoms with Crippen molar-refractivity contribution < 1.29 is 14.5 Å². The molecule has 2 aliphatic rings. The van der Waals surface area contributed by atoms with Gasteiger partial charge in [-0.05, 0) is 49.5 Å². The van der Waals surface area contributed by atoms with Gasteiger partial charge in [0, 0.05) is 28.4 Å². The van der Waals surface area contributed by atoms with E-state index in [2.05, 4.69) is 16.0 Å². The van der Waals surface area contributed by atoms with Gasteiger partial charge in [0.25, 0.3) is 5.69 Å². The summed E-state index contributed by atoms with van der Waals surface area (Å²) in [5.41, 5.74) is -0.128. The maximum atomic E-state index is 13.1. The van der Waals surface area contributed by atoms with E-state index in [1.54, 1.807) is 31.2 Å². The Morgan fingerprint density at radius 2 is 2.04 bits per heavy atom. The lowest BCUT2D eigenvalue weighted by molar-refractivity contribution is -0.385. The SMILES string of the molecule is C[C@@]12NC(=S)N[C@H](c3cc([N+](=O)[O-])ccc3O1)[C@H]2C(=O)Nc1ccc(Cl)cc1. The summed E-state index contributed by atoms with van der Waals surface area (Å²) < 4.78 is 6.04. The summed E-state index contributed by atoms with van der Waals surface area (Å²) in [5, 5.41) is 21.0. The van der Waals surface area contributed by atoms with E-state index in [1.165, 1.54) is 18.2 Å². The van der Waals surface area contributed by atoms with Crippen LogP contribution in [0, 0.1) is 16.0 Å². The normalized spacial score (nSPS) is 24.9. The highest BCUT2D eigenvalue weighted by Gasteiger charge is 2.55. The fourth-order valence-electron chi connectivity index (χ4n) is 3.60. The van der Waals surface area contributed by atoms with Crippen molar-refractivity contribution >= 4 is 46.2 Å². The third-order valence-corrected chi connectivity index (χ3v) is 5.30. The fourth-order valence-corrected chi connectivity index (χ4v) is 4.05. The highest BCUT2D eigenvalue weighted by molar-refractivity contribution is 7.80. The van der Waals surface area contributed by atoms with Gasteiger partial charge in [-0.25, -0.2) is 0 Å². The Labute approximate surface area is 170 Å². The van der Waals surface area contributed by atoms with Crippen molar-refractivity contribution in [3.05, 3.63) is 63.2 Å². The Morgan fingerprint density at radius 1 is 1.32 bits per heavy atom. The van der Waals surface area contributed by atoms with Crippen LogP contribution < -0.4 is 20.7 Å². The van der Waals surface area contributed by atoms with Gasteiger partial charge < -0.3 is 20.7 Å². The van der Waals surface area contributed by atoms with Gasteiger partial charge in [-0.2, -0.15) is 0 Å². The van der Waals surface area contributed by atoms with Crippen molar-refractivity contribution in [1.29, 1.82) is 0 Å². The van der Waals surface area contributed by atoms with E-state index in [-0.39, 0.29) is 11.6 Å². The number of carbonyl (C=O) groups excluding carboxylic acids is 1. The van der Waals surface area contributed by atoms with Crippen LogP contribution in [0.25, 0.3) is 0 Å². The number of rotatable bonds is 3. The molecule has 2 aromatic carbocycles. The van der Waals surface area contributed by atoms with Gasteiger partial charge in [0.1, 0.15) is 11.7 Å². The molecule has 2 bridgehead atoms. The van der Waals surface area contributed by atoms with Gasteiger partial charge in [0.05, 0.1) is 11.0 Å². The minimum absolute atomic E-state index is 0.0888. The number of nitro groups is 1. The summed E-state index contributed by atoms with van der Waals surface area (Å²) in [6.07, 6.45) is 0. The lowest BCUT2D eigenvalue weighted by atomic mass is 9.79. The lowest BCUT2D eigenvalue weighted by Crippen LogP contribution is -2.70. The Bertz CT molecular complexity index is 1000. The average Bonchev–Trinajstić information content (AvgIpc) is 2.62. The van der Waals surface area contributed by atoms with E-state index in [0.29, 0.717) is 27.1 Å². The van der Waals surface area contributed by atoms with Crippen LogP contribution in [0.3, 0.4) is 0 Å². The number of hydrogen-bond acceptors (Lipinski definition) is 5. The molecular formula is C18H15ClN4O4S. The van der Waals surface area contributed by atoms with Crippen LogP contribution in [0.2, 0.25) is 5.02 Å². The third kappa shape index (κ3) is 3.12. The number of hydrogen-bond donors (Lipinski definition) is 3. The standard InChI is InChI=1S/C18H15ClN4O4S/c1-18-14(16(24)20-10-4-2-9(19)3-5-10)15(21-17(28)22-18)12-8-11(23(25)26)6-7-13(12)27-18/h2-8,14-15H,1H3,(H,20,24)(H2,21,22,28)/t14-,15+,18+/m0/s1. The van der Waals surface area contributed by atoms with Crippen molar-refractivity contribution in [2.45, 2.75) is 18.7 Å². The number of nitro benzene ring substituents is 1. The van der Waals surface area contributed by atoms with Gasteiger partial charge in [-0.15, -0.1) is 0 Å². The van der Waals surface area contributed by atoms with E-state index in [0.717, 1.165) is 0 Å². The van der Waals surface area contributed by atoms with Gasteiger partial charge in [-0.3, -0.25) is 14.9 Å². The Morgan fingerprint density at radius 3 is 2.71 bits per heavy atom. The second-order valence-corrected chi connectivity index (χ2v) is 7.58. The molecule has 2 aromatic rings. The van der Waals surface area contributed by atoms with Crippen LogP contribution in [0.1, 0.15) is 18.5 Å². The Hall–Kier alpha value is -2.91. The number of nitrogens with one attached hydrogen (secondary N) is 3. The topological polar surface area (TPSA) is 106 Å². The molecule has 2 heterocycles. The maximum absolute atomic E-state index is 13.1. The molecule has 1 saturated heterocycles. The van der Waals surface area contributed by atoms with Crippen molar-refractivity contribution in [3.8, 4) is 5.75 Å². The second-order valence-electron chi connectivity index (χ2n) is 6.74. The van der Waals surface area contributed by atoms with Crippen LogP contribution in [-0.2, 0) is 4.79 Å². The molecule has 1 amide bonds. The Kier molecular flexibility index (Phi) is 4.35. The summed E-state index contributed by atoms with van der Waals surface area (Å²) in [6.45, 7) is 1.73. The number of anilines is 1. The number of non-ortho nitro benzene ring substituents is 1. The van der Waals surface area contributed by atoms with E-state index in [1.807, 2.05) is 0 Å². The molecule has 144 valence electrons. The van der Waals surface area contributed by atoms with E-state index in [4.69, 9.17) is 28.6 Å². The number of amides is 1. The molecule has 0 saturated carbocycles. The van der Waals surface area contributed by atoms with Crippen LogP contribution in [0.15, 0.2) is 42.5 Å². The minimum atomic E-state index is -1.12. The summed E-state index contributed by atoms with van der Waals surface area (Å²) in [7, 11) is 0. The zero-order chi connectivity index (χ0) is 20.1. The first-order valence-electron chi connectivity index (χ1n) is 8.39. The molecule has 8 nitrogen and oxygen atoms in total. The molecule has 0 radical (unpaired) electrons. The highest BCUT2D eigenvalue weighted by Crippen LogP contribution is 2.46. The largest absolute Gasteiger partial charge is 0.467 e. The molecule has 4 rings (SSSR count). The van der Waals surface area contributed by atoms with Crippen molar-refractivity contribution in [2.75, 3.05) is 5.32 Å². The number of halogens is 1. The molecule has 1 fully saturated rings. The molecular weight excluding hydrogens is 404 g/mol. The molecule has 3 atom stereocenters. The predicted octanol–water partition coefficient (Wildman–Crippen LogP) is 3.13. The smallest absolute Gasteiger partial charge is 0.270 e. The number of thiocarbonyl (C=S) groups is 1. The molecule has 0 spiro atoms. The molecule has 28 heavy (non-hydrogen) atoms. The molecule has 10 heteroatoms. The first-order chi connectivity index (χ1) is 13.3. The fraction of sp³-hybridized carbons (Fsp3) is 0.222. The van der Waals surface area contributed by atoms with Gasteiger partial charge >= 0.3 is 0 Å². The van der Waals surface area contributed by atoms with Gasteiger partial charge in [0.15, 0.2) is 10.8 Å². The monoisotopic (exact) mass is 418 g/mol. The van der Waals surface area contributed by atoms with Crippen LogP contribution in [-0.4, -0.2) is 21.7 Å². The highest BCUT2D eigenvalue weighted by atomic mass is 35.5. The van der Waals surface area contributed by atoms with E-state index >= 15 is 0 Å². The summed E-state index contributed by atoms with van der Waals surface area (Å²) in [5.74, 6) is -0.616. The third-order valence-electron chi connectivity index (χ3n) is 4.83. The van der Waals surface area contributed by atoms with E-state index < -0.39 is 22.6 Å². The minimum Gasteiger partial charge on any atom is -0.467 e. The van der Waals surface area contributed by atoms with Crippen molar-refractivity contribution in [3.63, 3.8) is 0 Å². The van der Waals surface area contributed by atoms with Gasteiger partial charge in [0.2, 0.25) is 5.91 Å². The summed E-state index contributed by atoms with van der Waals surface area (Å²) >= 11 is 11.1. The number of ether oxygens (including phenoxy) is 1. The molecule has 0 aromatic heterocycles. The maximum Gasteiger partial charge on any atom is 0.270 e. The predicted molar refractivity (Wildman–Crippen MR) is 107 cm³/mol. The number of carbonyl (C=O) groups is 1. The van der Waals surface area contributed by atoms with Gasteiger partial charge in [-0.1, -0.05) is 11.6 Å². The van der Waals surface area contributed by atoms with E-state index in [9.17, 15) is 14.9 Å². The Balaban J connectivity index is 1.73. The summed E-state index contributed by atoms with van der Waals surface area (Å²) in [4.78, 5) is 23.8. The lowest BCUT2D eigenvalue weighted by Gasteiger charge is -2.50. The number of fused-ring (bicyclic) bond motifs is 4. The quantitative estimate of drug-likeness (QED) is 0.399. The zero-order valence-corrected chi connectivity index (χ0v) is 16.1. The van der Waals surface area contributed by atoms with Crippen LogP contribution in [0.5, 0.6) is 5.75 Å². The molecule has 2 aliphatic heterocycles. The first kappa shape index (κ1) is 18.5. The first-order valence-corrected chi connectivity index (χ1v) is 9.18. The number of nitrogens with zero attached hydrogens (tertiary/aromatic N) is 1. The van der Waals surface area contributed by atoms with Crippen LogP contribution >= 0.6 is 23.8 Å².